The Bertz CT molecular complexity index is 1890. The average molecular weight is 672 g/mol. The van der Waals surface area contributed by atoms with E-state index in [1.807, 2.05) is 39.0 Å². The van der Waals surface area contributed by atoms with Gasteiger partial charge in [-0.2, -0.15) is 15.1 Å². The Kier molecular flexibility index (Phi) is 8.00. The fourth-order valence-electron chi connectivity index (χ4n) is 5.71. The zero-order valence-electron chi connectivity index (χ0n) is 27.2. The van der Waals surface area contributed by atoms with E-state index < -0.39 is 49.5 Å². The SMILES string of the molecule is C[C@H](NP(=O)(Oc1cccc2ccccc12)OC1[C@H]2O[C@@H](n3cnc4c(N(C)C)nc(N)nc43)[C@](C)(F)[C@@]12O)C(=O)OCC(C)(C)C. The van der Waals surface area contributed by atoms with Crippen LogP contribution in [0.25, 0.3) is 21.9 Å². The van der Waals surface area contributed by atoms with Crippen molar-refractivity contribution in [2.75, 3.05) is 31.3 Å². The molecular weight excluding hydrogens is 632 g/mol. The molecule has 252 valence electrons. The number of rotatable bonds is 10. The molecule has 0 spiro atoms. The number of imidazole rings is 1. The number of aliphatic hydroxyl groups is 1. The Morgan fingerprint density at radius 2 is 1.94 bits per heavy atom. The van der Waals surface area contributed by atoms with Gasteiger partial charge in [-0.3, -0.25) is 13.9 Å². The van der Waals surface area contributed by atoms with Gasteiger partial charge in [-0.1, -0.05) is 57.2 Å². The van der Waals surface area contributed by atoms with Gasteiger partial charge in [0.15, 0.2) is 34.5 Å². The molecule has 4 aromatic rings. The van der Waals surface area contributed by atoms with Crippen LogP contribution in [0.4, 0.5) is 16.2 Å². The molecule has 1 saturated carbocycles. The first-order valence-electron chi connectivity index (χ1n) is 15.1. The summed E-state index contributed by atoms with van der Waals surface area (Å²) in [5, 5.41) is 15.7. The molecule has 14 nitrogen and oxygen atoms in total. The summed E-state index contributed by atoms with van der Waals surface area (Å²) in [6.45, 7) is 8.42. The lowest BCUT2D eigenvalue weighted by Gasteiger charge is -2.32. The molecule has 0 amide bonds. The number of nitrogens with two attached hydrogens (primary N) is 1. The van der Waals surface area contributed by atoms with Gasteiger partial charge in [-0.25, -0.2) is 13.9 Å². The van der Waals surface area contributed by atoms with Crippen LogP contribution in [-0.4, -0.2) is 80.8 Å². The number of carbonyl (C=O) groups excluding carboxylic acids is 1. The van der Waals surface area contributed by atoms with Crippen LogP contribution < -0.4 is 20.2 Å². The molecule has 2 aliphatic rings. The van der Waals surface area contributed by atoms with E-state index in [9.17, 15) is 14.5 Å². The minimum Gasteiger partial charge on any atom is -0.464 e. The third kappa shape index (κ3) is 5.80. The van der Waals surface area contributed by atoms with E-state index in [1.165, 1.54) is 17.8 Å². The molecule has 2 unspecified atom stereocenters. The molecule has 1 aliphatic heterocycles. The maximum atomic E-state index is 16.8. The monoisotopic (exact) mass is 671 g/mol. The second kappa shape index (κ2) is 11.4. The van der Waals surface area contributed by atoms with Gasteiger partial charge in [0.2, 0.25) is 5.95 Å². The maximum absolute atomic E-state index is 16.8. The number of fused-ring (bicyclic) bond motifs is 3. The summed E-state index contributed by atoms with van der Waals surface area (Å²) in [7, 11) is -1.02. The van der Waals surface area contributed by atoms with Crippen LogP contribution in [0, 0.1) is 5.41 Å². The minimum atomic E-state index is -4.53. The molecule has 3 heterocycles. The van der Waals surface area contributed by atoms with Crippen molar-refractivity contribution in [1.29, 1.82) is 0 Å². The first kappa shape index (κ1) is 33.0. The second-order valence-corrected chi connectivity index (χ2v) is 15.2. The van der Waals surface area contributed by atoms with Gasteiger partial charge >= 0.3 is 13.7 Å². The number of hydrogen-bond donors (Lipinski definition) is 3. The number of alkyl halides is 1. The number of aromatic nitrogens is 4. The van der Waals surface area contributed by atoms with E-state index in [0.29, 0.717) is 16.7 Å². The van der Waals surface area contributed by atoms with Crippen molar-refractivity contribution < 1.29 is 37.4 Å². The Morgan fingerprint density at radius 3 is 2.60 bits per heavy atom. The highest BCUT2D eigenvalue weighted by atomic mass is 31.2. The Balaban J connectivity index is 1.29. The van der Waals surface area contributed by atoms with Crippen molar-refractivity contribution in [3.05, 3.63) is 48.8 Å². The van der Waals surface area contributed by atoms with E-state index in [2.05, 4.69) is 20.0 Å². The third-order valence-corrected chi connectivity index (χ3v) is 9.87. The number of nitrogens with one attached hydrogen (secondary N) is 1. The van der Waals surface area contributed by atoms with Gasteiger partial charge < -0.3 is 29.7 Å². The quantitative estimate of drug-likeness (QED) is 0.162. The average Bonchev–Trinajstić information content (AvgIpc) is 3.24. The largest absolute Gasteiger partial charge is 0.464 e. The molecule has 0 radical (unpaired) electrons. The number of esters is 1. The van der Waals surface area contributed by atoms with Gasteiger partial charge in [0.1, 0.15) is 24.0 Å². The van der Waals surface area contributed by atoms with Crippen LogP contribution in [0.3, 0.4) is 0 Å². The molecule has 2 aromatic carbocycles. The normalized spacial score (nSPS) is 27.3. The first-order valence-corrected chi connectivity index (χ1v) is 16.6. The molecule has 6 rings (SSSR count). The molecule has 47 heavy (non-hydrogen) atoms. The molecule has 1 aliphatic carbocycles. The highest BCUT2D eigenvalue weighted by Gasteiger charge is 2.85. The lowest BCUT2D eigenvalue weighted by molar-refractivity contribution is -0.148. The van der Waals surface area contributed by atoms with Gasteiger partial charge in [0.05, 0.1) is 12.9 Å². The van der Waals surface area contributed by atoms with Crippen LogP contribution in [0.2, 0.25) is 0 Å². The molecule has 4 N–H and O–H groups in total. The molecule has 7 atom stereocenters. The highest BCUT2D eigenvalue weighted by Crippen LogP contribution is 2.66. The fraction of sp³-hybridized carbons (Fsp3) is 0.484. The van der Waals surface area contributed by atoms with Crippen molar-refractivity contribution in [2.24, 2.45) is 5.41 Å². The fourth-order valence-corrected chi connectivity index (χ4v) is 7.43. The maximum Gasteiger partial charge on any atom is 0.459 e. The minimum absolute atomic E-state index is 0.0562. The van der Waals surface area contributed by atoms with E-state index in [-0.39, 0.29) is 29.4 Å². The number of hydrogen-bond acceptors (Lipinski definition) is 12. The molecule has 0 bridgehead atoms. The zero-order chi connectivity index (χ0) is 34.1. The number of halogens is 1. The number of nitrogen functional groups attached to an aromatic ring is 1. The number of carbonyl (C=O) groups is 1. The number of benzene rings is 2. The van der Waals surface area contributed by atoms with Crippen molar-refractivity contribution in [3.8, 4) is 5.75 Å². The summed E-state index contributed by atoms with van der Waals surface area (Å²) in [5.41, 5.74) is 1.41. The Morgan fingerprint density at radius 1 is 1.23 bits per heavy atom. The van der Waals surface area contributed by atoms with E-state index >= 15 is 4.39 Å². The predicted molar refractivity (Wildman–Crippen MR) is 173 cm³/mol. The second-order valence-electron chi connectivity index (χ2n) is 13.5. The van der Waals surface area contributed by atoms with Crippen LogP contribution in [-0.2, 0) is 23.4 Å². The summed E-state index contributed by atoms with van der Waals surface area (Å²) >= 11 is 0. The standard InChI is InChI=1S/C31H39FN7O7P/c1-17(26(40)43-15-29(2,3)4)37-47(42,45-20-14-10-12-18-11-8-9-13-19(18)20)46-23-22-31(23,41)30(5,32)27(44-22)39-16-34-21-24(38(6)7)35-28(33)36-25(21)39/h8-14,16-17,22-23,27,41H,15H2,1-7H3,(H,37,42)(H2,33,35,36)/t17-,22+,23?,27+,30-,31-,47?/m0/s1. The van der Waals surface area contributed by atoms with E-state index in [0.717, 1.165) is 12.3 Å². The van der Waals surface area contributed by atoms with Crippen molar-refractivity contribution in [3.63, 3.8) is 0 Å². The van der Waals surface area contributed by atoms with Crippen molar-refractivity contribution >= 4 is 47.4 Å². The number of ether oxygens (including phenoxy) is 2. The summed E-state index contributed by atoms with van der Waals surface area (Å²) < 4.78 is 56.0. The summed E-state index contributed by atoms with van der Waals surface area (Å²) in [6, 6.07) is 11.3. The topological polar surface area (TPSA) is 176 Å². The van der Waals surface area contributed by atoms with Crippen LogP contribution >= 0.6 is 7.75 Å². The smallest absolute Gasteiger partial charge is 0.459 e. The van der Waals surface area contributed by atoms with Gasteiger partial charge in [0, 0.05) is 19.5 Å². The van der Waals surface area contributed by atoms with Crippen molar-refractivity contribution in [1.82, 2.24) is 24.6 Å². The van der Waals surface area contributed by atoms with Gasteiger partial charge in [0.25, 0.3) is 0 Å². The lowest BCUT2D eigenvalue weighted by atomic mass is 9.97. The molecule has 2 fully saturated rings. The Hall–Kier alpha value is -3.88. The molecule has 16 heteroatoms. The third-order valence-electron chi connectivity index (χ3n) is 8.23. The molecular formula is C31H39FN7O7P. The zero-order valence-corrected chi connectivity index (χ0v) is 28.1. The summed E-state index contributed by atoms with van der Waals surface area (Å²) in [4.78, 5) is 27.4. The summed E-state index contributed by atoms with van der Waals surface area (Å²) in [5.74, 6) is -0.147. The van der Waals surface area contributed by atoms with Crippen LogP contribution in [0.5, 0.6) is 5.75 Å². The molecule has 2 aromatic heterocycles. The number of anilines is 2. The highest BCUT2D eigenvalue weighted by molar-refractivity contribution is 7.52. The van der Waals surface area contributed by atoms with Crippen LogP contribution in [0.1, 0.15) is 40.8 Å². The number of nitrogens with zero attached hydrogens (tertiary/aromatic N) is 5. The summed E-state index contributed by atoms with van der Waals surface area (Å²) in [6.07, 6.45) is -2.77. The first-order chi connectivity index (χ1) is 21.9. The van der Waals surface area contributed by atoms with E-state index in [1.54, 1.807) is 43.3 Å². The van der Waals surface area contributed by atoms with Gasteiger partial charge in [-0.05, 0) is 30.7 Å². The van der Waals surface area contributed by atoms with Crippen molar-refractivity contribution in [2.45, 2.75) is 70.4 Å². The lowest BCUT2D eigenvalue weighted by Crippen LogP contribution is -2.45. The van der Waals surface area contributed by atoms with Gasteiger partial charge in [-0.15, -0.1) is 0 Å². The predicted octanol–water partition coefficient (Wildman–Crippen LogP) is 4.14. The van der Waals surface area contributed by atoms with E-state index in [4.69, 9.17) is 24.3 Å². The Labute approximate surface area is 271 Å². The molecule has 1 saturated heterocycles. The van der Waals surface area contributed by atoms with Crippen LogP contribution in [0.15, 0.2) is 48.8 Å².